The van der Waals surface area contributed by atoms with Gasteiger partial charge >= 0.3 is 6.03 Å². The fourth-order valence-electron chi connectivity index (χ4n) is 1.89. The van der Waals surface area contributed by atoms with Gasteiger partial charge in [0.25, 0.3) is 0 Å². The molecule has 0 aliphatic carbocycles. The van der Waals surface area contributed by atoms with Gasteiger partial charge in [-0.3, -0.25) is 0 Å². The first kappa shape index (κ1) is 16.8. The standard InChI is InChI=1S/C15H17N3O4S/c1-22-13-6-3-5-12(9-13)18-15(19)17-10-11-4-2-7-14(8-11)23(16,20)21/h2-9H,10H2,1H3,(H2,16,20,21)(H2,17,18,19). The molecule has 0 saturated carbocycles. The summed E-state index contributed by atoms with van der Waals surface area (Å²) in [5.41, 5.74) is 1.21. The molecule has 0 heterocycles. The van der Waals surface area contributed by atoms with Crippen LogP contribution in [0, 0.1) is 0 Å². The predicted molar refractivity (Wildman–Crippen MR) is 86.7 cm³/mol. The third kappa shape index (κ3) is 4.97. The van der Waals surface area contributed by atoms with E-state index in [0.717, 1.165) is 0 Å². The van der Waals surface area contributed by atoms with E-state index in [1.165, 1.54) is 19.2 Å². The zero-order chi connectivity index (χ0) is 16.9. The highest BCUT2D eigenvalue weighted by molar-refractivity contribution is 7.89. The van der Waals surface area contributed by atoms with Crippen LogP contribution in [0.4, 0.5) is 10.5 Å². The van der Waals surface area contributed by atoms with Crippen LogP contribution < -0.4 is 20.5 Å². The molecule has 0 bridgehead atoms. The molecular weight excluding hydrogens is 318 g/mol. The fraction of sp³-hybridized carbons (Fsp3) is 0.133. The summed E-state index contributed by atoms with van der Waals surface area (Å²) in [5, 5.41) is 10.4. The average molecular weight is 335 g/mol. The minimum absolute atomic E-state index is 0.00463. The number of carbonyl (C=O) groups is 1. The van der Waals surface area contributed by atoms with Crippen LogP contribution in [0.15, 0.2) is 53.4 Å². The summed E-state index contributed by atoms with van der Waals surface area (Å²) in [5.74, 6) is 0.628. The number of hydrogen-bond acceptors (Lipinski definition) is 4. The van der Waals surface area contributed by atoms with Crippen molar-refractivity contribution < 1.29 is 17.9 Å². The van der Waals surface area contributed by atoms with E-state index in [2.05, 4.69) is 10.6 Å². The lowest BCUT2D eigenvalue weighted by Crippen LogP contribution is -2.28. The molecule has 2 amide bonds. The Morgan fingerprint density at radius 2 is 1.91 bits per heavy atom. The van der Waals surface area contributed by atoms with Crippen molar-refractivity contribution in [3.8, 4) is 5.75 Å². The van der Waals surface area contributed by atoms with E-state index in [1.54, 1.807) is 36.4 Å². The molecule has 122 valence electrons. The lowest BCUT2D eigenvalue weighted by molar-refractivity contribution is 0.251. The number of nitrogens with one attached hydrogen (secondary N) is 2. The summed E-state index contributed by atoms with van der Waals surface area (Å²) in [6.07, 6.45) is 0. The van der Waals surface area contributed by atoms with E-state index < -0.39 is 16.1 Å². The fourth-order valence-corrected chi connectivity index (χ4v) is 2.47. The Morgan fingerprint density at radius 1 is 1.17 bits per heavy atom. The van der Waals surface area contributed by atoms with Gasteiger partial charge in [0, 0.05) is 18.3 Å². The SMILES string of the molecule is COc1cccc(NC(=O)NCc2cccc(S(N)(=O)=O)c2)c1. The van der Waals surface area contributed by atoms with Crippen molar-refractivity contribution >= 4 is 21.7 Å². The van der Waals surface area contributed by atoms with Crippen LogP contribution in [-0.2, 0) is 16.6 Å². The highest BCUT2D eigenvalue weighted by Gasteiger charge is 2.08. The molecule has 0 spiro atoms. The van der Waals surface area contributed by atoms with Gasteiger partial charge < -0.3 is 15.4 Å². The van der Waals surface area contributed by atoms with Gasteiger partial charge in [-0.05, 0) is 29.8 Å². The van der Waals surface area contributed by atoms with E-state index in [1.807, 2.05) is 0 Å². The van der Waals surface area contributed by atoms with Gasteiger partial charge in [-0.25, -0.2) is 18.4 Å². The second kappa shape index (κ2) is 7.12. The second-order valence-electron chi connectivity index (χ2n) is 4.73. The minimum Gasteiger partial charge on any atom is -0.497 e. The van der Waals surface area contributed by atoms with E-state index in [4.69, 9.17) is 9.88 Å². The van der Waals surface area contributed by atoms with E-state index in [-0.39, 0.29) is 11.4 Å². The molecule has 7 nitrogen and oxygen atoms in total. The molecule has 2 rings (SSSR count). The van der Waals surface area contributed by atoms with Crippen molar-refractivity contribution in [3.05, 3.63) is 54.1 Å². The molecule has 0 aliphatic rings. The summed E-state index contributed by atoms with van der Waals surface area (Å²) in [6.45, 7) is 0.166. The Bertz CT molecular complexity index is 806. The highest BCUT2D eigenvalue weighted by Crippen LogP contribution is 2.16. The zero-order valence-electron chi connectivity index (χ0n) is 12.4. The van der Waals surface area contributed by atoms with Crippen LogP contribution in [-0.4, -0.2) is 21.6 Å². The average Bonchev–Trinajstić information content (AvgIpc) is 2.52. The molecule has 4 N–H and O–H groups in total. The number of amides is 2. The number of anilines is 1. The molecular formula is C15H17N3O4S. The summed E-state index contributed by atoms with van der Waals surface area (Å²) in [4.78, 5) is 11.9. The molecule has 0 atom stereocenters. The highest BCUT2D eigenvalue weighted by atomic mass is 32.2. The summed E-state index contributed by atoms with van der Waals surface area (Å²) in [7, 11) is -2.22. The third-order valence-corrected chi connectivity index (χ3v) is 3.92. The monoisotopic (exact) mass is 335 g/mol. The molecule has 23 heavy (non-hydrogen) atoms. The first-order valence-corrected chi connectivity index (χ1v) is 8.24. The van der Waals surface area contributed by atoms with Crippen molar-refractivity contribution in [1.29, 1.82) is 0 Å². The van der Waals surface area contributed by atoms with Crippen molar-refractivity contribution in [1.82, 2.24) is 5.32 Å². The molecule has 0 saturated heterocycles. The van der Waals surface area contributed by atoms with Gasteiger partial charge in [0.2, 0.25) is 10.0 Å². The molecule has 2 aromatic rings. The number of rotatable bonds is 5. The Hall–Kier alpha value is -2.58. The molecule has 0 unspecified atom stereocenters. The lowest BCUT2D eigenvalue weighted by Gasteiger charge is -2.09. The van der Waals surface area contributed by atoms with E-state index >= 15 is 0 Å². The number of hydrogen-bond donors (Lipinski definition) is 3. The smallest absolute Gasteiger partial charge is 0.319 e. The Kier molecular flexibility index (Phi) is 5.20. The zero-order valence-corrected chi connectivity index (χ0v) is 13.3. The maximum absolute atomic E-state index is 11.9. The Labute approximate surface area is 134 Å². The van der Waals surface area contributed by atoms with Gasteiger partial charge in [0.15, 0.2) is 0 Å². The number of ether oxygens (including phenoxy) is 1. The molecule has 0 aromatic heterocycles. The van der Waals surface area contributed by atoms with Gasteiger partial charge in [-0.15, -0.1) is 0 Å². The molecule has 8 heteroatoms. The van der Waals surface area contributed by atoms with Crippen LogP contribution in [0.1, 0.15) is 5.56 Å². The minimum atomic E-state index is -3.76. The number of benzene rings is 2. The number of nitrogens with two attached hydrogens (primary N) is 1. The summed E-state index contributed by atoms with van der Waals surface area (Å²) in [6, 6.07) is 12.6. The van der Waals surface area contributed by atoms with Gasteiger partial charge in [-0.2, -0.15) is 0 Å². The first-order valence-electron chi connectivity index (χ1n) is 6.69. The maximum Gasteiger partial charge on any atom is 0.319 e. The van der Waals surface area contributed by atoms with Gasteiger partial charge in [-0.1, -0.05) is 18.2 Å². The molecule has 0 fully saturated rings. The largest absolute Gasteiger partial charge is 0.497 e. The Balaban J connectivity index is 1.96. The number of sulfonamides is 1. The molecule has 2 aromatic carbocycles. The van der Waals surface area contributed by atoms with Crippen LogP contribution in [0.25, 0.3) is 0 Å². The van der Waals surface area contributed by atoms with Crippen LogP contribution >= 0.6 is 0 Å². The predicted octanol–water partition coefficient (Wildman–Crippen LogP) is 1.66. The summed E-state index contributed by atoms with van der Waals surface area (Å²) >= 11 is 0. The quantitative estimate of drug-likeness (QED) is 0.771. The number of urea groups is 1. The van der Waals surface area contributed by atoms with Crippen molar-refractivity contribution in [2.45, 2.75) is 11.4 Å². The van der Waals surface area contributed by atoms with Crippen molar-refractivity contribution in [2.24, 2.45) is 5.14 Å². The molecule has 0 aliphatic heterocycles. The molecule has 0 radical (unpaired) electrons. The van der Waals surface area contributed by atoms with Crippen molar-refractivity contribution in [3.63, 3.8) is 0 Å². The Morgan fingerprint density at radius 3 is 2.61 bits per heavy atom. The van der Waals surface area contributed by atoms with Crippen LogP contribution in [0.5, 0.6) is 5.75 Å². The maximum atomic E-state index is 11.9. The van der Waals surface area contributed by atoms with Gasteiger partial charge in [0.1, 0.15) is 5.75 Å². The van der Waals surface area contributed by atoms with Gasteiger partial charge in [0.05, 0.1) is 12.0 Å². The van der Waals surface area contributed by atoms with Crippen LogP contribution in [0.3, 0.4) is 0 Å². The second-order valence-corrected chi connectivity index (χ2v) is 6.29. The van der Waals surface area contributed by atoms with E-state index in [0.29, 0.717) is 17.0 Å². The number of carbonyl (C=O) groups excluding carboxylic acids is 1. The normalized spacial score (nSPS) is 10.9. The third-order valence-electron chi connectivity index (χ3n) is 3.01. The first-order chi connectivity index (χ1) is 10.9. The topological polar surface area (TPSA) is 111 Å². The number of methoxy groups -OCH3 is 1. The number of primary sulfonamides is 1. The van der Waals surface area contributed by atoms with E-state index in [9.17, 15) is 13.2 Å². The van der Waals surface area contributed by atoms with Crippen LogP contribution in [0.2, 0.25) is 0 Å². The van der Waals surface area contributed by atoms with Crippen molar-refractivity contribution in [2.75, 3.05) is 12.4 Å². The summed E-state index contributed by atoms with van der Waals surface area (Å²) < 4.78 is 27.7. The lowest BCUT2D eigenvalue weighted by atomic mass is 10.2.